The van der Waals surface area contributed by atoms with Crippen LogP contribution in [0.2, 0.25) is 0 Å². The molecule has 0 atom stereocenters. The van der Waals surface area contributed by atoms with Crippen LogP contribution in [0.4, 0.5) is 5.69 Å². The number of pyridine rings is 1. The SMILES string of the molecule is CC(=O)c1ccc(N2CCN(C)C(=O)C2(C)C)cn1. The summed E-state index contributed by atoms with van der Waals surface area (Å²) in [6.45, 7) is 6.76. The van der Waals surface area contributed by atoms with Crippen LogP contribution in [0.5, 0.6) is 0 Å². The lowest BCUT2D eigenvalue weighted by Crippen LogP contribution is -2.62. The van der Waals surface area contributed by atoms with Crippen molar-refractivity contribution in [2.24, 2.45) is 0 Å². The summed E-state index contributed by atoms with van der Waals surface area (Å²) in [4.78, 5) is 31.4. The maximum Gasteiger partial charge on any atom is 0.247 e. The normalized spacial score (nSPS) is 18.6. The minimum Gasteiger partial charge on any atom is -0.354 e. The fourth-order valence-corrected chi connectivity index (χ4v) is 2.42. The van der Waals surface area contributed by atoms with Gasteiger partial charge in [0.1, 0.15) is 11.2 Å². The molecule has 0 bridgehead atoms. The average Bonchev–Trinajstić information content (AvgIpc) is 2.36. The minimum absolute atomic E-state index is 0.0553. The monoisotopic (exact) mass is 261 g/mol. The lowest BCUT2D eigenvalue weighted by molar-refractivity contribution is -0.136. The third-order valence-corrected chi connectivity index (χ3v) is 3.62. The Labute approximate surface area is 113 Å². The number of ketones is 1. The molecular formula is C14H19N3O2. The molecule has 19 heavy (non-hydrogen) atoms. The van der Waals surface area contributed by atoms with Crippen LogP contribution in [0.1, 0.15) is 31.3 Å². The number of aromatic nitrogens is 1. The lowest BCUT2D eigenvalue weighted by Gasteiger charge is -2.46. The van der Waals surface area contributed by atoms with Gasteiger partial charge in [-0.05, 0) is 26.0 Å². The van der Waals surface area contributed by atoms with Gasteiger partial charge in [-0.15, -0.1) is 0 Å². The van der Waals surface area contributed by atoms with Crippen LogP contribution in [0.15, 0.2) is 18.3 Å². The van der Waals surface area contributed by atoms with Gasteiger partial charge < -0.3 is 9.80 Å². The molecule has 102 valence electrons. The quantitative estimate of drug-likeness (QED) is 0.754. The molecule has 5 heteroatoms. The molecule has 1 aromatic rings. The first-order chi connectivity index (χ1) is 8.84. The molecular weight excluding hydrogens is 242 g/mol. The van der Waals surface area contributed by atoms with Gasteiger partial charge in [0.25, 0.3) is 0 Å². The van der Waals surface area contributed by atoms with E-state index < -0.39 is 5.54 Å². The first kappa shape index (κ1) is 13.5. The van der Waals surface area contributed by atoms with Gasteiger partial charge in [-0.2, -0.15) is 0 Å². The third kappa shape index (κ3) is 2.32. The van der Waals surface area contributed by atoms with Crippen LogP contribution in [0, 0.1) is 0 Å². The Bertz CT molecular complexity index is 508. The number of anilines is 1. The molecule has 2 heterocycles. The summed E-state index contributed by atoms with van der Waals surface area (Å²) >= 11 is 0. The van der Waals surface area contributed by atoms with Gasteiger partial charge in [0, 0.05) is 27.1 Å². The van der Waals surface area contributed by atoms with E-state index in [0.29, 0.717) is 12.2 Å². The van der Waals surface area contributed by atoms with Crippen LogP contribution in [-0.4, -0.2) is 47.3 Å². The molecule has 1 aliphatic heterocycles. The molecule has 0 N–H and O–H groups in total. The number of carbonyl (C=O) groups excluding carboxylic acids is 2. The zero-order valence-corrected chi connectivity index (χ0v) is 11.8. The highest BCUT2D eigenvalue weighted by atomic mass is 16.2. The fourth-order valence-electron chi connectivity index (χ4n) is 2.42. The molecule has 0 saturated carbocycles. The smallest absolute Gasteiger partial charge is 0.247 e. The van der Waals surface area contributed by atoms with E-state index in [1.54, 1.807) is 17.2 Å². The van der Waals surface area contributed by atoms with Crippen molar-refractivity contribution in [2.45, 2.75) is 26.3 Å². The summed E-state index contributed by atoms with van der Waals surface area (Å²) in [5, 5.41) is 0. The Kier molecular flexibility index (Phi) is 3.30. The highest BCUT2D eigenvalue weighted by molar-refractivity contribution is 5.93. The molecule has 1 fully saturated rings. The number of hydrogen-bond acceptors (Lipinski definition) is 4. The highest BCUT2D eigenvalue weighted by Gasteiger charge is 2.40. The summed E-state index contributed by atoms with van der Waals surface area (Å²) in [6.07, 6.45) is 1.66. The lowest BCUT2D eigenvalue weighted by atomic mass is 9.97. The topological polar surface area (TPSA) is 53.5 Å². The summed E-state index contributed by atoms with van der Waals surface area (Å²) < 4.78 is 0. The van der Waals surface area contributed by atoms with Crippen molar-refractivity contribution in [3.63, 3.8) is 0 Å². The summed E-state index contributed by atoms with van der Waals surface area (Å²) in [5.74, 6) is 0.0367. The third-order valence-electron chi connectivity index (χ3n) is 3.62. The standard InChI is InChI=1S/C14H19N3O2/c1-10(18)12-6-5-11(9-15-12)17-8-7-16(4)13(19)14(17,2)3/h5-6,9H,7-8H2,1-4H3. The number of likely N-dealkylation sites (N-methyl/N-ethyl adjacent to an activating group) is 1. The van der Waals surface area contributed by atoms with Gasteiger partial charge in [-0.3, -0.25) is 14.6 Å². The van der Waals surface area contributed by atoms with E-state index in [1.807, 2.05) is 31.9 Å². The number of hydrogen-bond donors (Lipinski definition) is 0. The summed E-state index contributed by atoms with van der Waals surface area (Å²) in [6, 6.07) is 3.56. The molecule has 0 aromatic carbocycles. The maximum atomic E-state index is 12.2. The van der Waals surface area contributed by atoms with Crippen molar-refractivity contribution >= 4 is 17.4 Å². The molecule has 0 radical (unpaired) electrons. The Hall–Kier alpha value is -1.91. The van der Waals surface area contributed by atoms with Crippen LogP contribution < -0.4 is 4.90 Å². The maximum absolute atomic E-state index is 12.2. The van der Waals surface area contributed by atoms with Gasteiger partial charge in [0.05, 0.1) is 11.9 Å². The molecule has 1 amide bonds. The van der Waals surface area contributed by atoms with E-state index in [4.69, 9.17) is 0 Å². The Morgan fingerprint density at radius 3 is 2.53 bits per heavy atom. The Morgan fingerprint density at radius 1 is 1.32 bits per heavy atom. The molecule has 0 aliphatic carbocycles. The van der Waals surface area contributed by atoms with Crippen molar-refractivity contribution < 1.29 is 9.59 Å². The van der Waals surface area contributed by atoms with E-state index in [0.717, 1.165) is 12.2 Å². The zero-order valence-electron chi connectivity index (χ0n) is 11.8. The van der Waals surface area contributed by atoms with E-state index in [2.05, 4.69) is 4.98 Å². The predicted molar refractivity (Wildman–Crippen MR) is 73.3 cm³/mol. The van der Waals surface area contributed by atoms with E-state index >= 15 is 0 Å². The van der Waals surface area contributed by atoms with Crippen LogP contribution in [0.3, 0.4) is 0 Å². The first-order valence-electron chi connectivity index (χ1n) is 6.34. The second-order valence-corrected chi connectivity index (χ2v) is 5.40. The Balaban J connectivity index is 2.31. The van der Waals surface area contributed by atoms with Gasteiger partial charge >= 0.3 is 0 Å². The summed E-state index contributed by atoms with van der Waals surface area (Å²) in [5.41, 5.74) is 0.727. The van der Waals surface area contributed by atoms with Crippen molar-refractivity contribution in [3.05, 3.63) is 24.0 Å². The van der Waals surface area contributed by atoms with Crippen molar-refractivity contribution in [2.75, 3.05) is 25.0 Å². The van der Waals surface area contributed by atoms with E-state index in [1.165, 1.54) is 6.92 Å². The van der Waals surface area contributed by atoms with Crippen LogP contribution in [-0.2, 0) is 4.79 Å². The molecule has 0 spiro atoms. The zero-order chi connectivity index (χ0) is 14.2. The van der Waals surface area contributed by atoms with Crippen molar-refractivity contribution in [1.82, 2.24) is 9.88 Å². The number of carbonyl (C=O) groups is 2. The molecule has 2 rings (SSSR count). The molecule has 1 saturated heterocycles. The molecule has 1 aliphatic rings. The van der Waals surface area contributed by atoms with Gasteiger partial charge in [-0.25, -0.2) is 0 Å². The first-order valence-corrected chi connectivity index (χ1v) is 6.34. The van der Waals surface area contributed by atoms with E-state index in [9.17, 15) is 9.59 Å². The number of rotatable bonds is 2. The van der Waals surface area contributed by atoms with Crippen LogP contribution in [0.25, 0.3) is 0 Å². The van der Waals surface area contributed by atoms with E-state index in [-0.39, 0.29) is 11.7 Å². The number of nitrogens with zero attached hydrogens (tertiary/aromatic N) is 3. The predicted octanol–water partition coefficient (Wildman–Crippen LogP) is 1.34. The molecule has 5 nitrogen and oxygen atoms in total. The van der Waals surface area contributed by atoms with Gasteiger partial charge in [-0.1, -0.05) is 0 Å². The Morgan fingerprint density at radius 2 is 2.00 bits per heavy atom. The van der Waals surface area contributed by atoms with Crippen LogP contribution >= 0.6 is 0 Å². The number of amides is 1. The van der Waals surface area contributed by atoms with Gasteiger partial charge in [0.15, 0.2) is 5.78 Å². The van der Waals surface area contributed by atoms with Crippen molar-refractivity contribution in [1.29, 1.82) is 0 Å². The fraction of sp³-hybridized carbons (Fsp3) is 0.500. The summed E-state index contributed by atoms with van der Waals surface area (Å²) in [7, 11) is 1.82. The molecule has 1 aromatic heterocycles. The second kappa shape index (κ2) is 4.64. The highest BCUT2D eigenvalue weighted by Crippen LogP contribution is 2.27. The largest absolute Gasteiger partial charge is 0.354 e. The number of piperazine rings is 1. The second-order valence-electron chi connectivity index (χ2n) is 5.40. The minimum atomic E-state index is -0.591. The average molecular weight is 261 g/mol. The molecule has 0 unspecified atom stereocenters. The number of Topliss-reactive ketones (excluding diaryl/α,β-unsaturated/α-hetero) is 1. The van der Waals surface area contributed by atoms with Gasteiger partial charge in [0.2, 0.25) is 5.91 Å². The van der Waals surface area contributed by atoms with Crippen molar-refractivity contribution in [3.8, 4) is 0 Å².